The fraction of sp³-hybridized carbons (Fsp3) is 0.316. The number of amides is 1. The Hall–Kier alpha value is -2.40. The van der Waals surface area contributed by atoms with Gasteiger partial charge < -0.3 is 15.4 Å². The van der Waals surface area contributed by atoms with Gasteiger partial charge in [0, 0.05) is 6.54 Å². The maximum absolute atomic E-state index is 14.3. The summed E-state index contributed by atoms with van der Waals surface area (Å²) in [4.78, 5) is 12.2. The number of hydrogen-bond acceptors (Lipinski definition) is 3. The van der Waals surface area contributed by atoms with Crippen LogP contribution in [0.15, 0.2) is 42.5 Å². The molecule has 2 N–H and O–H groups in total. The predicted molar refractivity (Wildman–Crippen MR) is 91.7 cm³/mol. The molecular formula is C19H21FN2O2. The third-order valence-corrected chi connectivity index (χ3v) is 4.35. The summed E-state index contributed by atoms with van der Waals surface area (Å²) in [5.41, 5.74) is 1.68. The minimum Gasteiger partial charge on any atom is -0.497 e. The molecule has 2 aromatic rings. The molecule has 1 saturated heterocycles. The molecule has 0 aromatic heterocycles. The van der Waals surface area contributed by atoms with E-state index in [1.165, 1.54) is 12.1 Å². The Kier molecular flexibility index (Phi) is 5.11. The van der Waals surface area contributed by atoms with Gasteiger partial charge in [0.15, 0.2) is 0 Å². The number of methoxy groups -OCH3 is 1. The Morgan fingerprint density at radius 1 is 1.25 bits per heavy atom. The summed E-state index contributed by atoms with van der Waals surface area (Å²) in [5, 5.41) is 6.07. The lowest BCUT2D eigenvalue weighted by molar-refractivity contribution is 0.0944. The number of benzene rings is 2. The number of carbonyl (C=O) groups is 1. The highest BCUT2D eigenvalue weighted by Crippen LogP contribution is 2.24. The van der Waals surface area contributed by atoms with Crippen LogP contribution in [0.25, 0.3) is 11.1 Å². The molecule has 0 unspecified atom stereocenters. The van der Waals surface area contributed by atoms with Crippen LogP contribution < -0.4 is 15.4 Å². The molecule has 24 heavy (non-hydrogen) atoms. The van der Waals surface area contributed by atoms with Gasteiger partial charge >= 0.3 is 0 Å². The Morgan fingerprint density at radius 2 is 2.00 bits per heavy atom. The van der Waals surface area contributed by atoms with Gasteiger partial charge in [0.2, 0.25) is 0 Å². The van der Waals surface area contributed by atoms with E-state index in [4.69, 9.17) is 4.74 Å². The largest absolute Gasteiger partial charge is 0.497 e. The number of rotatable bonds is 5. The van der Waals surface area contributed by atoms with Crippen molar-refractivity contribution < 1.29 is 13.9 Å². The fourth-order valence-corrected chi connectivity index (χ4v) is 2.88. The van der Waals surface area contributed by atoms with Gasteiger partial charge in [-0.05, 0) is 60.8 Å². The zero-order valence-electron chi connectivity index (χ0n) is 13.6. The highest BCUT2D eigenvalue weighted by Gasteiger charge is 2.17. The van der Waals surface area contributed by atoms with E-state index in [0.717, 1.165) is 36.4 Å². The summed E-state index contributed by atoms with van der Waals surface area (Å²) < 4.78 is 19.5. The average molecular weight is 328 g/mol. The minimum atomic E-state index is -0.509. The molecule has 0 radical (unpaired) electrons. The number of carbonyl (C=O) groups excluding carboxylic acids is 1. The average Bonchev–Trinajstić information content (AvgIpc) is 3.13. The first kappa shape index (κ1) is 16.5. The Labute approximate surface area is 141 Å². The highest BCUT2D eigenvalue weighted by atomic mass is 19.1. The lowest BCUT2D eigenvalue weighted by Crippen LogP contribution is -2.30. The molecule has 0 saturated carbocycles. The normalized spacial score (nSPS) is 16.8. The van der Waals surface area contributed by atoms with Gasteiger partial charge in [-0.15, -0.1) is 0 Å². The molecular weight excluding hydrogens is 307 g/mol. The van der Waals surface area contributed by atoms with E-state index >= 15 is 0 Å². The topological polar surface area (TPSA) is 50.4 Å². The smallest absolute Gasteiger partial charge is 0.254 e. The molecule has 3 rings (SSSR count). The van der Waals surface area contributed by atoms with Gasteiger partial charge in [-0.1, -0.05) is 18.2 Å². The summed E-state index contributed by atoms with van der Waals surface area (Å²) in [6, 6.07) is 12.1. The summed E-state index contributed by atoms with van der Waals surface area (Å²) >= 11 is 0. The standard InChI is InChI=1S/C19H21FN2O2/c1-24-16-5-2-14(3-6-16)15-4-7-17(18(20)10-15)19(23)22-12-13-8-9-21-11-13/h2-7,10,13,21H,8-9,11-12H2,1H3,(H,22,23)/t13-/m0/s1. The summed E-state index contributed by atoms with van der Waals surface area (Å²) in [5.74, 6) is 0.304. The molecule has 0 bridgehead atoms. The third-order valence-electron chi connectivity index (χ3n) is 4.35. The van der Waals surface area contributed by atoms with Crippen molar-refractivity contribution in [3.8, 4) is 16.9 Å². The molecule has 1 aliphatic rings. The number of hydrogen-bond donors (Lipinski definition) is 2. The van der Waals surface area contributed by atoms with Crippen LogP contribution in [-0.4, -0.2) is 32.7 Å². The van der Waals surface area contributed by atoms with Crippen LogP contribution in [0.1, 0.15) is 16.8 Å². The van der Waals surface area contributed by atoms with E-state index in [2.05, 4.69) is 10.6 Å². The Morgan fingerprint density at radius 3 is 2.62 bits per heavy atom. The van der Waals surface area contributed by atoms with Crippen molar-refractivity contribution in [2.24, 2.45) is 5.92 Å². The van der Waals surface area contributed by atoms with E-state index in [0.29, 0.717) is 12.5 Å². The fourth-order valence-electron chi connectivity index (χ4n) is 2.88. The van der Waals surface area contributed by atoms with Crippen molar-refractivity contribution in [1.82, 2.24) is 10.6 Å². The lowest BCUT2D eigenvalue weighted by Gasteiger charge is -2.11. The van der Waals surface area contributed by atoms with Gasteiger partial charge in [-0.25, -0.2) is 4.39 Å². The van der Waals surface area contributed by atoms with Gasteiger partial charge in [-0.2, -0.15) is 0 Å². The quantitative estimate of drug-likeness (QED) is 0.887. The van der Waals surface area contributed by atoms with Gasteiger partial charge in [0.1, 0.15) is 11.6 Å². The highest BCUT2D eigenvalue weighted by molar-refractivity contribution is 5.95. The monoisotopic (exact) mass is 328 g/mol. The first-order valence-electron chi connectivity index (χ1n) is 8.10. The molecule has 1 aliphatic heterocycles. The van der Waals surface area contributed by atoms with Crippen molar-refractivity contribution in [1.29, 1.82) is 0 Å². The predicted octanol–water partition coefficient (Wildman–Crippen LogP) is 2.84. The van der Waals surface area contributed by atoms with Gasteiger partial charge in [0.25, 0.3) is 5.91 Å². The molecule has 5 heteroatoms. The molecule has 1 fully saturated rings. The second kappa shape index (κ2) is 7.45. The van der Waals surface area contributed by atoms with Crippen LogP contribution in [0.4, 0.5) is 4.39 Å². The molecule has 0 spiro atoms. The maximum Gasteiger partial charge on any atom is 0.254 e. The molecule has 1 amide bonds. The minimum absolute atomic E-state index is 0.0817. The molecule has 1 atom stereocenters. The van der Waals surface area contributed by atoms with E-state index in [1.54, 1.807) is 13.2 Å². The van der Waals surface area contributed by atoms with Crippen LogP contribution in [0.5, 0.6) is 5.75 Å². The van der Waals surface area contributed by atoms with Crippen LogP contribution in [0, 0.1) is 11.7 Å². The van der Waals surface area contributed by atoms with E-state index in [9.17, 15) is 9.18 Å². The van der Waals surface area contributed by atoms with Crippen LogP contribution in [0.2, 0.25) is 0 Å². The van der Waals surface area contributed by atoms with Crippen molar-refractivity contribution in [2.45, 2.75) is 6.42 Å². The van der Waals surface area contributed by atoms with Crippen molar-refractivity contribution in [3.63, 3.8) is 0 Å². The van der Waals surface area contributed by atoms with Crippen molar-refractivity contribution in [2.75, 3.05) is 26.7 Å². The van der Waals surface area contributed by atoms with Crippen LogP contribution in [-0.2, 0) is 0 Å². The summed E-state index contributed by atoms with van der Waals surface area (Å²) in [6.07, 6.45) is 1.04. The Balaban J connectivity index is 1.70. The third kappa shape index (κ3) is 3.74. The molecule has 4 nitrogen and oxygen atoms in total. The number of ether oxygens (including phenoxy) is 1. The number of nitrogens with one attached hydrogen (secondary N) is 2. The van der Waals surface area contributed by atoms with Crippen LogP contribution in [0.3, 0.4) is 0 Å². The Bertz CT molecular complexity index is 710. The molecule has 2 aromatic carbocycles. The zero-order valence-corrected chi connectivity index (χ0v) is 13.6. The molecule has 126 valence electrons. The number of halogens is 1. The first-order chi connectivity index (χ1) is 11.7. The van der Waals surface area contributed by atoms with E-state index in [-0.39, 0.29) is 11.5 Å². The first-order valence-corrected chi connectivity index (χ1v) is 8.10. The molecule has 1 heterocycles. The SMILES string of the molecule is COc1ccc(-c2ccc(C(=O)NC[C@H]3CCNC3)c(F)c2)cc1. The second-order valence-corrected chi connectivity index (χ2v) is 5.99. The second-order valence-electron chi connectivity index (χ2n) is 5.99. The van der Waals surface area contributed by atoms with E-state index < -0.39 is 5.82 Å². The zero-order chi connectivity index (χ0) is 16.9. The summed E-state index contributed by atoms with van der Waals surface area (Å²) in [7, 11) is 1.60. The van der Waals surface area contributed by atoms with Gasteiger partial charge in [-0.3, -0.25) is 4.79 Å². The van der Waals surface area contributed by atoms with E-state index in [1.807, 2.05) is 24.3 Å². The maximum atomic E-state index is 14.3. The van der Waals surface area contributed by atoms with Crippen molar-refractivity contribution in [3.05, 3.63) is 53.8 Å². The lowest BCUT2D eigenvalue weighted by atomic mass is 10.0. The summed E-state index contributed by atoms with van der Waals surface area (Å²) in [6.45, 7) is 2.45. The van der Waals surface area contributed by atoms with Crippen LogP contribution >= 0.6 is 0 Å². The van der Waals surface area contributed by atoms with Gasteiger partial charge in [0.05, 0.1) is 12.7 Å². The van der Waals surface area contributed by atoms with Crippen molar-refractivity contribution >= 4 is 5.91 Å². The molecule has 0 aliphatic carbocycles.